The average molecular weight is 396 g/mol. The fraction of sp³-hybridized carbons (Fsp3) is 0.286. The highest BCUT2D eigenvalue weighted by Crippen LogP contribution is 2.28. The van der Waals surface area contributed by atoms with Gasteiger partial charge in [-0.15, -0.1) is 11.3 Å². The van der Waals surface area contributed by atoms with Crippen LogP contribution in [0.4, 0.5) is 10.1 Å². The lowest BCUT2D eigenvalue weighted by Gasteiger charge is -2.36. The van der Waals surface area contributed by atoms with E-state index in [4.69, 9.17) is 0 Å². The molecule has 0 aliphatic carbocycles. The molecule has 4 rings (SSSR count). The van der Waals surface area contributed by atoms with Gasteiger partial charge in [-0.1, -0.05) is 0 Å². The van der Waals surface area contributed by atoms with Crippen LogP contribution in [-0.4, -0.2) is 47.0 Å². The Morgan fingerprint density at radius 1 is 1.14 bits per heavy atom. The minimum atomic E-state index is -0.233. The highest BCUT2D eigenvalue weighted by atomic mass is 32.1. The van der Waals surface area contributed by atoms with Gasteiger partial charge < -0.3 is 9.80 Å². The first-order valence-electron chi connectivity index (χ1n) is 9.25. The number of rotatable bonds is 4. The molecule has 0 N–H and O–H groups in total. The molecule has 0 saturated carbocycles. The molecule has 1 aliphatic rings. The van der Waals surface area contributed by atoms with E-state index < -0.39 is 0 Å². The number of hydrogen-bond donors (Lipinski definition) is 0. The van der Waals surface area contributed by atoms with E-state index in [2.05, 4.69) is 14.9 Å². The van der Waals surface area contributed by atoms with Crippen molar-refractivity contribution in [1.82, 2.24) is 14.9 Å². The second-order valence-electron chi connectivity index (χ2n) is 6.79. The van der Waals surface area contributed by atoms with E-state index in [0.717, 1.165) is 39.9 Å². The number of nitrogens with zero attached hydrogens (tertiary/aromatic N) is 4. The molecular formula is C21H21FN4OS. The quantitative estimate of drug-likeness (QED) is 0.677. The summed E-state index contributed by atoms with van der Waals surface area (Å²) in [6, 6.07) is 10.4. The molecule has 28 heavy (non-hydrogen) atoms. The third-order valence-corrected chi connectivity index (χ3v) is 6.14. The van der Waals surface area contributed by atoms with Crippen LogP contribution in [0.5, 0.6) is 0 Å². The zero-order valence-corrected chi connectivity index (χ0v) is 16.5. The molecule has 0 unspecified atom stereocenters. The molecule has 144 valence electrons. The number of hydrogen-bond acceptors (Lipinski definition) is 5. The van der Waals surface area contributed by atoms with E-state index >= 15 is 0 Å². The molecule has 0 radical (unpaired) electrons. The summed E-state index contributed by atoms with van der Waals surface area (Å²) in [5.41, 5.74) is 2.87. The molecule has 1 saturated heterocycles. The van der Waals surface area contributed by atoms with E-state index in [1.54, 1.807) is 35.9 Å². The summed E-state index contributed by atoms with van der Waals surface area (Å²) in [5.74, 6) is -0.105. The van der Waals surface area contributed by atoms with E-state index in [9.17, 15) is 9.18 Å². The normalized spacial score (nSPS) is 14.4. The first-order chi connectivity index (χ1) is 13.6. The van der Waals surface area contributed by atoms with Crippen LogP contribution < -0.4 is 4.90 Å². The lowest BCUT2D eigenvalue weighted by Crippen LogP contribution is -2.49. The van der Waals surface area contributed by atoms with Crippen molar-refractivity contribution in [3.63, 3.8) is 0 Å². The minimum Gasteiger partial charge on any atom is -0.368 e. The summed E-state index contributed by atoms with van der Waals surface area (Å²) in [6.07, 6.45) is 3.90. The SMILES string of the molecule is Cc1nc(-c2cccnc2)sc1CC(=O)N1CCN(c2ccc(F)cc2)CC1. The molecule has 0 atom stereocenters. The van der Waals surface area contributed by atoms with Gasteiger partial charge >= 0.3 is 0 Å². The maximum Gasteiger partial charge on any atom is 0.228 e. The molecule has 1 amide bonds. The first kappa shape index (κ1) is 18.6. The second kappa shape index (κ2) is 8.06. The van der Waals surface area contributed by atoms with E-state index in [0.29, 0.717) is 19.5 Å². The van der Waals surface area contributed by atoms with E-state index in [1.807, 2.05) is 24.0 Å². The third kappa shape index (κ3) is 4.04. The minimum absolute atomic E-state index is 0.128. The second-order valence-corrected chi connectivity index (χ2v) is 7.87. The summed E-state index contributed by atoms with van der Waals surface area (Å²) in [6.45, 7) is 4.79. The molecule has 1 fully saturated rings. The Hall–Kier alpha value is -2.80. The monoisotopic (exact) mass is 396 g/mol. The Kier molecular flexibility index (Phi) is 5.34. The Labute approximate surface area is 167 Å². The average Bonchev–Trinajstić information content (AvgIpc) is 3.10. The zero-order chi connectivity index (χ0) is 19.5. The maximum atomic E-state index is 13.1. The van der Waals surface area contributed by atoms with Crippen LogP contribution in [0.25, 0.3) is 10.6 Å². The maximum absolute atomic E-state index is 13.1. The highest BCUT2D eigenvalue weighted by Gasteiger charge is 2.23. The number of anilines is 1. The number of carbonyl (C=O) groups is 1. The Bertz CT molecular complexity index is 950. The van der Waals surface area contributed by atoms with Crippen molar-refractivity contribution in [2.75, 3.05) is 31.1 Å². The van der Waals surface area contributed by atoms with E-state index in [1.165, 1.54) is 12.1 Å². The van der Waals surface area contributed by atoms with Gasteiger partial charge in [-0.05, 0) is 43.3 Å². The number of aryl methyl sites for hydroxylation is 1. The Balaban J connectivity index is 1.37. The molecule has 0 spiro atoms. The predicted molar refractivity (Wildman–Crippen MR) is 109 cm³/mol. The van der Waals surface area contributed by atoms with Crippen molar-refractivity contribution in [2.45, 2.75) is 13.3 Å². The lowest BCUT2D eigenvalue weighted by atomic mass is 10.2. The number of aromatic nitrogens is 2. The van der Waals surface area contributed by atoms with Crippen LogP contribution in [0.2, 0.25) is 0 Å². The number of amides is 1. The molecular weight excluding hydrogens is 375 g/mol. The van der Waals surface area contributed by atoms with Crippen molar-refractivity contribution in [2.24, 2.45) is 0 Å². The Morgan fingerprint density at radius 2 is 1.89 bits per heavy atom. The molecule has 1 aromatic carbocycles. The zero-order valence-electron chi connectivity index (χ0n) is 15.6. The number of thiazole rings is 1. The van der Waals surface area contributed by atoms with Crippen molar-refractivity contribution in [3.8, 4) is 10.6 Å². The Morgan fingerprint density at radius 3 is 2.57 bits per heavy atom. The van der Waals surface area contributed by atoms with E-state index in [-0.39, 0.29) is 11.7 Å². The fourth-order valence-corrected chi connectivity index (χ4v) is 4.36. The molecule has 3 heterocycles. The summed E-state index contributed by atoms with van der Waals surface area (Å²) in [5, 5.41) is 0.898. The summed E-state index contributed by atoms with van der Waals surface area (Å²) < 4.78 is 13.1. The third-order valence-electron chi connectivity index (χ3n) is 4.94. The number of piperazine rings is 1. The van der Waals surface area contributed by atoms with Crippen molar-refractivity contribution >= 4 is 22.9 Å². The number of benzene rings is 1. The largest absolute Gasteiger partial charge is 0.368 e. The van der Waals surface area contributed by atoms with Crippen molar-refractivity contribution in [1.29, 1.82) is 0 Å². The van der Waals surface area contributed by atoms with Gasteiger partial charge in [-0.25, -0.2) is 9.37 Å². The fourth-order valence-electron chi connectivity index (χ4n) is 3.32. The highest BCUT2D eigenvalue weighted by molar-refractivity contribution is 7.15. The van der Waals surface area contributed by atoms with Gasteiger partial charge in [0.15, 0.2) is 0 Å². The van der Waals surface area contributed by atoms with Gasteiger partial charge in [0.05, 0.1) is 12.1 Å². The molecule has 3 aromatic rings. The van der Waals surface area contributed by atoms with Crippen LogP contribution >= 0.6 is 11.3 Å². The standard InChI is InChI=1S/C21H21FN4OS/c1-15-19(28-21(24-15)16-3-2-8-23-14-16)13-20(27)26-11-9-25(10-12-26)18-6-4-17(22)5-7-18/h2-8,14H,9-13H2,1H3. The molecule has 5 nitrogen and oxygen atoms in total. The molecule has 0 bridgehead atoms. The molecule has 7 heteroatoms. The first-order valence-corrected chi connectivity index (χ1v) is 10.1. The van der Waals surface area contributed by atoms with Gasteiger partial charge in [0.1, 0.15) is 10.8 Å². The lowest BCUT2D eigenvalue weighted by molar-refractivity contribution is -0.130. The summed E-state index contributed by atoms with van der Waals surface area (Å²) in [7, 11) is 0. The smallest absolute Gasteiger partial charge is 0.228 e. The molecule has 1 aliphatic heterocycles. The predicted octanol–water partition coefficient (Wildman–Crippen LogP) is 3.54. The van der Waals surface area contributed by atoms with Crippen molar-refractivity contribution in [3.05, 3.63) is 65.2 Å². The van der Waals surface area contributed by atoms with Gasteiger partial charge in [-0.2, -0.15) is 0 Å². The van der Waals surface area contributed by atoms with Gasteiger partial charge in [-0.3, -0.25) is 9.78 Å². The topological polar surface area (TPSA) is 49.3 Å². The summed E-state index contributed by atoms with van der Waals surface area (Å²) in [4.78, 5) is 26.6. The van der Waals surface area contributed by atoms with Crippen molar-refractivity contribution < 1.29 is 9.18 Å². The number of carbonyl (C=O) groups excluding carboxylic acids is 1. The van der Waals surface area contributed by atoms with Gasteiger partial charge in [0, 0.05) is 54.7 Å². The van der Waals surface area contributed by atoms with Gasteiger partial charge in [0.25, 0.3) is 0 Å². The molecule has 2 aromatic heterocycles. The van der Waals surface area contributed by atoms with Crippen LogP contribution in [-0.2, 0) is 11.2 Å². The number of halogens is 1. The van der Waals surface area contributed by atoms with Gasteiger partial charge in [0.2, 0.25) is 5.91 Å². The number of pyridine rings is 1. The van der Waals surface area contributed by atoms with Crippen LogP contribution in [0, 0.1) is 12.7 Å². The van der Waals surface area contributed by atoms with Crippen LogP contribution in [0.1, 0.15) is 10.6 Å². The van der Waals surface area contributed by atoms with Crippen LogP contribution in [0.3, 0.4) is 0 Å². The summed E-state index contributed by atoms with van der Waals surface area (Å²) >= 11 is 1.56. The van der Waals surface area contributed by atoms with Crippen LogP contribution in [0.15, 0.2) is 48.8 Å².